The molecule has 1 aliphatic rings. The van der Waals surface area contributed by atoms with Gasteiger partial charge < -0.3 is 10.6 Å². The van der Waals surface area contributed by atoms with Crippen molar-refractivity contribution in [1.82, 2.24) is 10.2 Å². The second-order valence-corrected chi connectivity index (χ2v) is 4.52. The van der Waals surface area contributed by atoms with E-state index < -0.39 is 40.7 Å². The van der Waals surface area contributed by atoms with E-state index in [-0.39, 0.29) is 6.54 Å². The highest BCUT2D eigenvalue weighted by Crippen LogP contribution is 2.26. The summed E-state index contributed by atoms with van der Waals surface area (Å²) in [5, 5.41) is 4.78. The van der Waals surface area contributed by atoms with Crippen molar-refractivity contribution in [3.63, 3.8) is 0 Å². The van der Waals surface area contributed by atoms with Gasteiger partial charge in [0.1, 0.15) is 5.69 Å². The van der Waals surface area contributed by atoms with E-state index in [0.29, 0.717) is 26.2 Å². The van der Waals surface area contributed by atoms with Gasteiger partial charge in [-0.25, -0.2) is 22.0 Å². The van der Waals surface area contributed by atoms with Gasteiger partial charge in [0.05, 0.1) is 6.54 Å². The summed E-state index contributed by atoms with van der Waals surface area (Å²) in [7, 11) is 0. The number of halogens is 5. The van der Waals surface area contributed by atoms with Gasteiger partial charge in [0, 0.05) is 26.2 Å². The minimum absolute atomic E-state index is 0.193. The lowest BCUT2D eigenvalue weighted by Crippen LogP contribution is -2.46. The molecule has 21 heavy (non-hydrogen) atoms. The Balaban J connectivity index is 2.13. The number of nitrogens with one attached hydrogen (secondary N) is 2. The first kappa shape index (κ1) is 15.6. The molecule has 1 amide bonds. The smallest absolute Gasteiger partial charge is 0.238 e. The topological polar surface area (TPSA) is 44.4 Å². The Labute approximate surface area is 116 Å². The fourth-order valence-corrected chi connectivity index (χ4v) is 1.97. The molecule has 1 saturated heterocycles. The minimum Gasteiger partial charge on any atom is -0.320 e. The first-order chi connectivity index (χ1) is 9.91. The molecule has 1 aliphatic heterocycles. The molecule has 0 aliphatic carbocycles. The number of nitrogens with zero attached hydrogens (tertiary/aromatic N) is 1. The van der Waals surface area contributed by atoms with Crippen LogP contribution in [0.1, 0.15) is 0 Å². The number of benzene rings is 1. The van der Waals surface area contributed by atoms with Crippen LogP contribution in [0.4, 0.5) is 27.6 Å². The first-order valence-electron chi connectivity index (χ1n) is 6.16. The van der Waals surface area contributed by atoms with Crippen molar-refractivity contribution in [1.29, 1.82) is 0 Å². The van der Waals surface area contributed by atoms with E-state index >= 15 is 0 Å². The summed E-state index contributed by atoms with van der Waals surface area (Å²) in [6.45, 7) is 2.20. The molecule has 1 fully saturated rings. The number of anilines is 1. The third-order valence-corrected chi connectivity index (χ3v) is 3.05. The highest BCUT2D eigenvalue weighted by Gasteiger charge is 2.27. The number of piperazine rings is 1. The van der Waals surface area contributed by atoms with Crippen molar-refractivity contribution >= 4 is 11.6 Å². The highest BCUT2D eigenvalue weighted by molar-refractivity contribution is 5.92. The number of rotatable bonds is 3. The number of carbonyl (C=O) groups is 1. The van der Waals surface area contributed by atoms with Crippen molar-refractivity contribution in [2.24, 2.45) is 0 Å². The standard InChI is InChI=1S/C12H12F5N3O/c13-7-8(14)10(16)12(11(17)9(7)15)19-6(21)5-20-3-1-18-2-4-20/h18H,1-5H2,(H,19,21). The van der Waals surface area contributed by atoms with E-state index in [9.17, 15) is 26.7 Å². The predicted octanol–water partition coefficient (Wildman–Crippen LogP) is 1.23. The van der Waals surface area contributed by atoms with Crippen LogP contribution >= 0.6 is 0 Å². The third-order valence-electron chi connectivity index (χ3n) is 3.05. The van der Waals surface area contributed by atoms with Crippen LogP contribution in [0.25, 0.3) is 0 Å². The second-order valence-electron chi connectivity index (χ2n) is 4.52. The fourth-order valence-electron chi connectivity index (χ4n) is 1.97. The van der Waals surface area contributed by atoms with Crippen molar-refractivity contribution < 1.29 is 26.7 Å². The molecule has 0 atom stereocenters. The molecule has 0 unspecified atom stereocenters. The van der Waals surface area contributed by atoms with Crippen molar-refractivity contribution in [3.8, 4) is 0 Å². The average molecular weight is 309 g/mol. The molecule has 1 aromatic rings. The Morgan fingerprint density at radius 1 is 0.952 bits per heavy atom. The Hall–Kier alpha value is -1.74. The average Bonchev–Trinajstić information content (AvgIpc) is 2.48. The molecule has 0 bridgehead atoms. The molecule has 0 radical (unpaired) electrons. The summed E-state index contributed by atoms with van der Waals surface area (Å²) >= 11 is 0. The third kappa shape index (κ3) is 3.30. The molecule has 0 aromatic heterocycles. The molecule has 0 saturated carbocycles. The van der Waals surface area contributed by atoms with Gasteiger partial charge in [0.25, 0.3) is 0 Å². The fraction of sp³-hybridized carbons (Fsp3) is 0.417. The van der Waals surface area contributed by atoms with Gasteiger partial charge in [0.2, 0.25) is 11.7 Å². The van der Waals surface area contributed by atoms with Crippen molar-refractivity contribution in [3.05, 3.63) is 29.1 Å². The number of hydrogen-bond acceptors (Lipinski definition) is 3. The lowest BCUT2D eigenvalue weighted by atomic mass is 10.2. The van der Waals surface area contributed by atoms with Gasteiger partial charge in [-0.1, -0.05) is 0 Å². The van der Waals surface area contributed by atoms with Crippen LogP contribution in [0.15, 0.2) is 0 Å². The van der Waals surface area contributed by atoms with Gasteiger partial charge in [0.15, 0.2) is 23.3 Å². The molecule has 116 valence electrons. The number of hydrogen-bond donors (Lipinski definition) is 2. The van der Waals surface area contributed by atoms with E-state index in [2.05, 4.69) is 5.32 Å². The Kier molecular flexibility index (Phi) is 4.73. The molecule has 4 nitrogen and oxygen atoms in total. The van der Waals surface area contributed by atoms with Crippen LogP contribution in [0.2, 0.25) is 0 Å². The van der Waals surface area contributed by atoms with Gasteiger partial charge in [-0.15, -0.1) is 0 Å². The van der Waals surface area contributed by atoms with E-state index in [4.69, 9.17) is 0 Å². The van der Waals surface area contributed by atoms with Gasteiger partial charge >= 0.3 is 0 Å². The van der Waals surface area contributed by atoms with E-state index in [1.54, 1.807) is 10.2 Å². The van der Waals surface area contributed by atoms with Crippen LogP contribution in [0.5, 0.6) is 0 Å². The zero-order valence-electron chi connectivity index (χ0n) is 10.8. The quantitative estimate of drug-likeness (QED) is 0.501. The Morgan fingerprint density at radius 2 is 1.43 bits per heavy atom. The molecule has 1 aromatic carbocycles. The highest BCUT2D eigenvalue weighted by atomic mass is 19.2. The minimum atomic E-state index is -2.26. The summed E-state index contributed by atoms with van der Waals surface area (Å²) in [5.74, 6) is -11.4. The maximum atomic E-state index is 13.4. The summed E-state index contributed by atoms with van der Waals surface area (Å²) in [4.78, 5) is 13.3. The maximum Gasteiger partial charge on any atom is 0.238 e. The maximum absolute atomic E-state index is 13.4. The van der Waals surface area contributed by atoms with Gasteiger partial charge in [-0.2, -0.15) is 0 Å². The van der Waals surface area contributed by atoms with Crippen LogP contribution in [0, 0.1) is 29.1 Å². The summed E-state index contributed by atoms with van der Waals surface area (Å²) in [5.41, 5.74) is -1.33. The molecule has 9 heteroatoms. The molecular weight excluding hydrogens is 297 g/mol. The lowest BCUT2D eigenvalue weighted by Gasteiger charge is -2.26. The largest absolute Gasteiger partial charge is 0.320 e. The monoisotopic (exact) mass is 309 g/mol. The Bertz CT molecular complexity index is 531. The summed E-state index contributed by atoms with van der Waals surface area (Å²) in [6.07, 6.45) is 0. The van der Waals surface area contributed by atoms with Gasteiger partial charge in [-0.05, 0) is 0 Å². The lowest BCUT2D eigenvalue weighted by molar-refractivity contribution is -0.117. The zero-order valence-corrected chi connectivity index (χ0v) is 10.8. The predicted molar refractivity (Wildman–Crippen MR) is 64.2 cm³/mol. The summed E-state index contributed by atoms with van der Waals surface area (Å²) in [6, 6.07) is 0. The number of amides is 1. The van der Waals surface area contributed by atoms with Crippen LogP contribution in [-0.4, -0.2) is 43.5 Å². The molecule has 2 N–H and O–H groups in total. The SMILES string of the molecule is O=C(CN1CCNCC1)Nc1c(F)c(F)c(F)c(F)c1F. The first-order valence-corrected chi connectivity index (χ1v) is 6.16. The molecule has 2 rings (SSSR count). The zero-order chi connectivity index (χ0) is 15.6. The van der Waals surface area contributed by atoms with Crippen LogP contribution in [0.3, 0.4) is 0 Å². The molecule has 0 spiro atoms. The molecular formula is C12H12F5N3O. The summed E-state index contributed by atoms with van der Waals surface area (Å²) < 4.78 is 65.6. The Morgan fingerprint density at radius 3 is 1.95 bits per heavy atom. The van der Waals surface area contributed by atoms with Crippen LogP contribution < -0.4 is 10.6 Å². The normalized spacial score (nSPS) is 16.0. The van der Waals surface area contributed by atoms with Gasteiger partial charge in [-0.3, -0.25) is 9.69 Å². The molecule has 1 heterocycles. The second kappa shape index (κ2) is 6.35. The van der Waals surface area contributed by atoms with Crippen LogP contribution in [-0.2, 0) is 4.79 Å². The van der Waals surface area contributed by atoms with Crippen molar-refractivity contribution in [2.75, 3.05) is 38.0 Å². The number of carbonyl (C=O) groups excluding carboxylic acids is 1. The van der Waals surface area contributed by atoms with E-state index in [0.717, 1.165) is 0 Å². The van der Waals surface area contributed by atoms with E-state index in [1.165, 1.54) is 0 Å². The van der Waals surface area contributed by atoms with E-state index in [1.807, 2.05) is 0 Å². The van der Waals surface area contributed by atoms with Crippen molar-refractivity contribution in [2.45, 2.75) is 0 Å².